The zero-order valence-electron chi connectivity index (χ0n) is 11.2. The highest BCUT2D eigenvalue weighted by molar-refractivity contribution is 9.09. The van der Waals surface area contributed by atoms with E-state index in [-0.39, 0.29) is 0 Å². The lowest BCUT2D eigenvalue weighted by atomic mass is 10.0. The first-order valence-electron chi connectivity index (χ1n) is 6.69. The molecule has 0 radical (unpaired) electrons. The van der Waals surface area contributed by atoms with Crippen LogP contribution in [0, 0.1) is 0 Å². The highest BCUT2D eigenvalue weighted by Crippen LogP contribution is 2.38. The van der Waals surface area contributed by atoms with Gasteiger partial charge in [0.25, 0.3) is 0 Å². The number of hydrogen-bond acceptors (Lipinski definition) is 2. The Morgan fingerprint density at radius 3 is 2.95 bits per heavy atom. The van der Waals surface area contributed by atoms with Gasteiger partial charge in [0.05, 0.1) is 4.83 Å². The van der Waals surface area contributed by atoms with Crippen LogP contribution in [0.3, 0.4) is 0 Å². The number of benzene rings is 1. The third kappa shape index (κ3) is 2.59. The van der Waals surface area contributed by atoms with Gasteiger partial charge in [0, 0.05) is 16.2 Å². The number of aryl methyl sites for hydroxylation is 1. The molecule has 3 heteroatoms. The van der Waals surface area contributed by atoms with Crippen LogP contribution < -0.4 is 4.74 Å². The highest BCUT2D eigenvalue weighted by atomic mass is 79.9. The van der Waals surface area contributed by atoms with Crippen LogP contribution in [0.1, 0.15) is 39.6 Å². The van der Waals surface area contributed by atoms with E-state index in [0.717, 1.165) is 18.6 Å². The van der Waals surface area contributed by atoms with Gasteiger partial charge in [0.15, 0.2) is 0 Å². The summed E-state index contributed by atoms with van der Waals surface area (Å²) in [6, 6.07) is 11.0. The topological polar surface area (TPSA) is 9.23 Å². The molecule has 1 aliphatic rings. The Morgan fingerprint density at radius 1 is 1.37 bits per heavy atom. The number of fused-ring (bicyclic) bond motifs is 1. The molecule has 1 aliphatic heterocycles. The number of hydrogen-bond donors (Lipinski definition) is 0. The van der Waals surface area contributed by atoms with E-state index in [1.165, 1.54) is 20.9 Å². The van der Waals surface area contributed by atoms with E-state index in [4.69, 9.17) is 4.74 Å². The zero-order chi connectivity index (χ0) is 13.4. The molecule has 19 heavy (non-hydrogen) atoms. The molecule has 0 bridgehead atoms. The molecule has 2 heterocycles. The molecule has 3 rings (SSSR count). The third-order valence-corrected chi connectivity index (χ3v) is 6.11. The van der Waals surface area contributed by atoms with E-state index in [1.807, 2.05) is 11.3 Å². The van der Waals surface area contributed by atoms with Gasteiger partial charge in [-0.1, -0.05) is 35.0 Å². The Bertz CT molecular complexity index is 590. The summed E-state index contributed by atoms with van der Waals surface area (Å²) in [6.07, 6.45) is 2.44. The van der Waals surface area contributed by atoms with Crippen molar-refractivity contribution in [3.8, 4) is 5.75 Å². The molecule has 0 aliphatic carbocycles. The Hall–Kier alpha value is -0.800. The van der Waals surface area contributed by atoms with Gasteiger partial charge in [-0.15, -0.1) is 11.3 Å². The predicted molar refractivity (Wildman–Crippen MR) is 84.7 cm³/mol. The van der Waals surface area contributed by atoms with Crippen LogP contribution in [-0.4, -0.2) is 6.10 Å². The van der Waals surface area contributed by atoms with E-state index in [9.17, 15) is 0 Å². The van der Waals surface area contributed by atoms with Crippen LogP contribution in [0.2, 0.25) is 0 Å². The second-order valence-corrected chi connectivity index (χ2v) is 7.14. The zero-order valence-corrected chi connectivity index (χ0v) is 13.6. The first-order chi connectivity index (χ1) is 9.17. The van der Waals surface area contributed by atoms with Crippen molar-refractivity contribution in [2.45, 2.75) is 37.6 Å². The molecule has 0 fully saturated rings. The summed E-state index contributed by atoms with van der Waals surface area (Å²) in [5.41, 5.74) is 2.66. The van der Waals surface area contributed by atoms with Crippen molar-refractivity contribution in [1.29, 1.82) is 0 Å². The van der Waals surface area contributed by atoms with Gasteiger partial charge in [-0.2, -0.15) is 0 Å². The Labute approximate surface area is 126 Å². The minimum absolute atomic E-state index is 0.291. The Kier molecular flexibility index (Phi) is 3.68. The summed E-state index contributed by atoms with van der Waals surface area (Å²) in [6.45, 7) is 4.32. The maximum Gasteiger partial charge on any atom is 0.123 e. The molecule has 2 unspecified atom stereocenters. The minimum atomic E-state index is 0.291. The molecular weight excluding hydrogens is 320 g/mol. The standard InChI is InChI=1S/C16H17BrOS/c1-3-13-5-7-15(19-13)16(17)11-4-6-14-12(9-11)8-10(2)18-14/h4-7,9-10,16H,3,8H2,1-2H3. The smallest absolute Gasteiger partial charge is 0.123 e. The molecule has 1 nitrogen and oxygen atoms in total. The molecule has 1 aromatic carbocycles. The van der Waals surface area contributed by atoms with Crippen LogP contribution in [-0.2, 0) is 12.8 Å². The lowest BCUT2D eigenvalue weighted by molar-refractivity contribution is 0.254. The van der Waals surface area contributed by atoms with E-state index < -0.39 is 0 Å². The second kappa shape index (κ2) is 5.29. The van der Waals surface area contributed by atoms with Crippen molar-refractivity contribution < 1.29 is 4.74 Å². The van der Waals surface area contributed by atoms with Gasteiger partial charge in [0.2, 0.25) is 0 Å². The summed E-state index contributed by atoms with van der Waals surface area (Å²) in [5.74, 6) is 1.05. The SMILES string of the molecule is CCc1ccc(C(Br)c2ccc3c(c2)CC(C)O3)s1. The normalized spacial score (nSPS) is 19.0. The van der Waals surface area contributed by atoms with Gasteiger partial charge in [-0.3, -0.25) is 0 Å². The van der Waals surface area contributed by atoms with E-state index in [2.05, 4.69) is 60.1 Å². The van der Waals surface area contributed by atoms with Crippen molar-refractivity contribution in [2.75, 3.05) is 0 Å². The Morgan fingerprint density at radius 2 is 2.21 bits per heavy atom. The number of ether oxygens (including phenoxy) is 1. The first-order valence-corrected chi connectivity index (χ1v) is 8.42. The number of rotatable bonds is 3. The summed E-state index contributed by atoms with van der Waals surface area (Å²) in [4.78, 5) is 3.11. The maximum atomic E-state index is 5.76. The van der Waals surface area contributed by atoms with E-state index >= 15 is 0 Å². The first kappa shape index (κ1) is 13.2. The van der Waals surface area contributed by atoms with Crippen molar-refractivity contribution in [3.05, 3.63) is 51.2 Å². The molecule has 0 amide bonds. The van der Waals surface area contributed by atoms with Gasteiger partial charge in [-0.05, 0) is 42.7 Å². The van der Waals surface area contributed by atoms with Crippen LogP contribution in [0.15, 0.2) is 30.3 Å². The third-order valence-electron chi connectivity index (χ3n) is 3.49. The molecule has 0 saturated carbocycles. The summed E-state index contributed by atoms with van der Waals surface area (Å²) in [7, 11) is 0. The fourth-order valence-electron chi connectivity index (χ4n) is 2.48. The maximum absolute atomic E-state index is 5.76. The Balaban J connectivity index is 1.88. The van der Waals surface area contributed by atoms with E-state index in [1.54, 1.807) is 0 Å². The monoisotopic (exact) mass is 336 g/mol. The number of thiophene rings is 1. The summed E-state index contributed by atoms with van der Waals surface area (Å²) >= 11 is 5.72. The average molecular weight is 337 g/mol. The summed E-state index contributed by atoms with van der Waals surface area (Å²) in [5, 5.41) is 0. The van der Waals surface area contributed by atoms with Crippen molar-refractivity contribution >= 4 is 27.3 Å². The molecule has 2 aromatic rings. The fourth-order valence-corrected chi connectivity index (χ4v) is 4.16. The summed E-state index contributed by atoms with van der Waals surface area (Å²) < 4.78 is 5.76. The van der Waals surface area contributed by atoms with Crippen LogP contribution >= 0.6 is 27.3 Å². The van der Waals surface area contributed by atoms with Crippen molar-refractivity contribution in [3.63, 3.8) is 0 Å². The molecule has 0 saturated heterocycles. The molecule has 0 N–H and O–H groups in total. The van der Waals surface area contributed by atoms with Gasteiger partial charge in [0.1, 0.15) is 11.9 Å². The van der Waals surface area contributed by atoms with Gasteiger partial charge in [-0.25, -0.2) is 0 Å². The molecule has 100 valence electrons. The quantitative estimate of drug-likeness (QED) is 0.707. The number of halogens is 1. The fraction of sp³-hybridized carbons (Fsp3) is 0.375. The molecular formula is C16H17BrOS. The van der Waals surface area contributed by atoms with Crippen molar-refractivity contribution in [1.82, 2.24) is 0 Å². The lowest BCUT2D eigenvalue weighted by Gasteiger charge is -2.09. The minimum Gasteiger partial charge on any atom is -0.490 e. The second-order valence-electron chi connectivity index (χ2n) is 5.02. The predicted octanol–water partition coefficient (Wildman–Crippen LogP) is 5.12. The molecule has 1 aromatic heterocycles. The number of alkyl halides is 1. The largest absolute Gasteiger partial charge is 0.490 e. The molecule has 2 atom stereocenters. The van der Waals surface area contributed by atoms with Crippen LogP contribution in [0.25, 0.3) is 0 Å². The average Bonchev–Trinajstić information content (AvgIpc) is 3.01. The van der Waals surface area contributed by atoms with Gasteiger partial charge < -0.3 is 4.74 Å². The van der Waals surface area contributed by atoms with E-state index in [0.29, 0.717) is 10.9 Å². The van der Waals surface area contributed by atoms with Gasteiger partial charge >= 0.3 is 0 Å². The highest BCUT2D eigenvalue weighted by Gasteiger charge is 2.21. The van der Waals surface area contributed by atoms with Crippen LogP contribution in [0.4, 0.5) is 0 Å². The van der Waals surface area contributed by atoms with Crippen molar-refractivity contribution in [2.24, 2.45) is 0 Å². The molecule has 0 spiro atoms. The van der Waals surface area contributed by atoms with Crippen LogP contribution in [0.5, 0.6) is 5.75 Å². The lowest BCUT2D eigenvalue weighted by Crippen LogP contribution is -2.05.